The van der Waals surface area contributed by atoms with E-state index in [-0.39, 0.29) is 12.3 Å². The molecule has 0 aliphatic heterocycles. The molecule has 1 atom stereocenters. The highest BCUT2D eigenvalue weighted by molar-refractivity contribution is 9.10. The fraction of sp³-hybridized carbons (Fsp3) is 0.400. The third kappa shape index (κ3) is 4.51. The van der Waals surface area contributed by atoms with Crippen LogP contribution >= 0.6 is 27.3 Å². The molecule has 0 aliphatic rings. The van der Waals surface area contributed by atoms with Crippen molar-refractivity contribution in [3.05, 3.63) is 27.7 Å². The van der Waals surface area contributed by atoms with Crippen molar-refractivity contribution >= 4 is 49.4 Å². The van der Waals surface area contributed by atoms with Crippen LogP contribution in [0.1, 0.15) is 31.2 Å². The lowest BCUT2D eigenvalue weighted by Crippen LogP contribution is -2.40. The predicted octanol–water partition coefficient (Wildman–Crippen LogP) is 3.36. The Bertz CT molecular complexity index is 686. The molecular weight excluding hydrogens is 368 g/mol. The average molecular weight is 385 g/mol. The number of aromatic nitrogens is 1. The number of thiazole rings is 1. The molecule has 22 heavy (non-hydrogen) atoms. The molecule has 1 amide bonds. The third-order valence-electron chi connectivity index (χ3n) is 3.17. The van der Waals surface area contributed by atoms with Gasteiger partial charge >= 0.3 is 5.97 Å². The molecule has 0 radical (unpaired) electrons. The first kappa shape index (κ1) is 16.9. The molecule has 0 spiro atoms. The number of benzene rings is 1. The topological polar surface area (TPSA) is 79.3 Å². The monoisotopic (exact) mass is 384 g/mol. The van der Waals surface area contributed by atoms with Crippen LogP contribution in [0.5, 0.6) is 0 Å². The van der Waals surface area contributed by atoms with E-state index in [1.54, 1.807) is 11.3 Å². The molecule has 2 rings (SSSR count). The van der Waals surface area contributed by atoms with Gasteiger partial charge in [-0.1, -0.05) is 29.3 Å². The first-order valence-corrected chi connectivity index (χ1v) is 8.67. The largest absolute Gasteiger partial charge is 0.480 e. The highest BCUT2D eigenvalue weighted by Crippen LogP contribution is 2.25. The lowest BCUT2D eigenvalue weighted by Gasteiger charge is -2.12. The zero-order valence-electron chi connectivity index (χ0n) is 12.1. The number of aryl methyl sites for hydroxylation is 1. The van der Waals surface area contributed by atoms with E-state index < -0.39 is 12.0 Å². The molecule has 1 aromatic carbocycles. The van der Waals surface area contributed by atoms with Gasteiger partial charge in [-0.3, -0.25) is 4.79 Å². The smallest absolute Gasteiger partial charge is 0.326 e. The van der Waals surface area contributed by atoms with Gasteiger partial charge in [-0.25, -0.2) is 9.78 Å². The van der Waals surface area contributed by atoms with E-state index in [1.165, 1.54) is 0 Å². The number of carboxylic acid groups (broad SMARTS) is 1. The maximum absolute atomic E-state index is 11.9. The van der Waals surface area contributed by atoms with Gasteiger partial charge in [0.25, 0.3) is 0 Å². The van der Waals surface area contributed by atoms with Gasteiger partial charge in [0, 0.05) is 17.3 Å². The predicted molar refractivity (Wildman–Crippen MR) is 90.1 cm³/mol. The second-order valence-corrected chi connectivity index (χ2v) is 7.00. The number of rotatable bonds is 7. The van der Waals surface area contributed by atoms with Crippen LogP contribution in [-0.2, 0) is 16.0 Å². The van der Waals surface area contributed by atoms with Crippen LogP contribution in [0.25, 0.3) is 10.2 Å². The highest BCUT2D eigenvalue weighted by Gasteiger charge is 2.18. The normalized spacial score (nSPS) is 12.3. The molecular formula is C15H17BrN2O3S. The summed E-state index contributed by atoms with van der Waals surface area (Å²) in [6.07, 6.45) is 1.91. The first-order chi connectivity index (χ1) is 10.5. The fourth-order valence-corrected chi connectivity index (χ4v) is 3.38. The minimum Gasteiger partial charge on any atom is -0.480 e. The number of hydrogen-bond donors (Lipinski definition) is 2. The van der Waals surface area contributed by atoms with E-state index in [2.05, 4.69) is 26.2 Å². The van der Waals surface area contributed by atoms with Gasteiger partial charge in [0.2, 0.25) is 5.91 Å². The van der Waals surface area contributed by atoms with E-state index in [9.17, 15) is 9.59 Å². The SMILES string of the molecule is CCCC(NC(=O)CCc1nc2cc(Br)ccc2s1)C(=O)O. The van der Waals surface area contributed by atoms with Gasteiger partial charge < -0.3 is 10.4 Å². The molecule has 0 bridgehead atoms. The van der Waals surface area contributed by atoms with Crippen molar-refractivity contribution in [2.45, 2.75) is 38.6 Å². The zero-order valence-corrected chi connectivity index (χ0v) is 14.5. The van der Waals surface area contributed by atoms with Crippen molar-refractivity contribution in [3.63, 3.8) is 0 Å². The van der Waals surface area contributed by atoms with E-state index in [0.29, 0.717) is 19.3 Å². The second kappa shape index (κ2) is 7.69. The zero-order chi connectivity index (χ0) is 16.1. The summed E-state index contributed by atoms with van der Waals surface area (Å²) < 4.78 is 2.05. The first-order valence-electron chi connectivity index (χ1n) is 7.06. The number of carbonyl (C=O) groups excluding carboxylic acids is 1. The van der Waals surface area contributed by atoms with Gasteiger partial charge in [0.1, 0.15) is 6.04 Å². The van der Waals surface area contributed by atoms with Crippen LogP contribution in [0, 0.1) is 0 Å². The van der Waals surface area contributed by atoms with Crippen LogP contribution in [0.4, 0.5) is 0 Å². The Morgan fingerprint density at radius 1 is 1.45 bits per heavy atom. The summed E-state index contributed by atoms with van der Waals surface area (Å²) in [5.41, 5.74) is 0.907. The third-order valence-corrected chi connectivity index (χ3v) is 4.76. The number of nitrogens with one attached hydrogen (secondary N) is 1. The number of hydrogen-bond acceptors (Lipinski definition) is 4. The number of carbonyl (C=O) groups is 2. The number of carboxylic acids is 1. The quantitative estimate of drug-likeness (QED) is 0.766. The molecule has 118 valence electrons. The summed E-state index contributed by atoms with van der Waals surface area (Å²) in [6.45, 7) is 1.89. The van der Waals surface area contributed by atoms with E-state index >= 15 is 0 Å². The van der Waals surface area contributed by atoms with Gasteiger partial charge in [-0.05, 0) is 24.6 Å². The molecule has 0 saturated carbocycles. The maximum atomic E-state index is 11.9. The molecule has 0 aliphatic carbocycles. The van der Waals surface area contributed by atoms with Crippen molar-refractivity contribution in [1.82, 2.24) is 10.3 Å². The number of nitrogens with zero attached hydrogens (tertiary/aromatic N) is 1. The summed E-state index contributed by atoms with van der Waals surface area (Å²) in [6, 6.07) is 5.09. The van der Waals surface area contributed by atoms with Crippen molar-refractivity contribution in [2.75, 3.05) is 0 Å². The fourth-order valence-electron chi connectivity index (χ4n) is 2.09. The summed E-state index contributed by atoms with van der Waals surface area (Å²) in [5, 5.41) is 12.5. The number of aliphatic carboxylic acids is 1. The Hall–Kier alpha value is -1.47. The highest BCUT2D eigenvalue weighted by atomic mass is 79.9. The number of amides is 1. The number of halogens is 1. The van der Waals surface area contributed by atoms with Crippen molar-refractivity contribution in [3.8, 4) is 0 Å². The molecule has 7 heteroatoms. The van der Waals surface area contributed by atoms with E-state index in [1.807, 2.05) is 25.1 Å². The summed E-state index contributed by atoms with van der Waals surface area (Å²) in [4.78, 5) is 27.4. The van der Waals surface area contributed by atoms with Gasteiger partial charge in [-0.15, -0.1) is 11.3 Å². The molecule has 2 N–H and O–H groups in total. The van der Waals surface area contributed by atoms with E-state index in [4.69, 9.17) is 5.11 Å². The molecule has 0 saturated heterocycles. The van der Waals surface area contributed by atoms with Gasteiger partial charge in [-0.2, -0.15) is 0 Å². The molecule has 1 unspecified atom stereocenters. The molecule has 1 heterocycles. The Morgan fingerprint density at radius 2 is 2.23 bits per heavy atom. The maximum Gasteiger partial charge on any atom is 0.326 e. The standard InChI is InChI=1S/C15H17BrN2O3S/c1-2-3-10(15(20)21)17-13(19)6-7-14-18-11-8-9(16)4-5-12(11)22-14/h4-5,8,10H,2-3,6-7H2,1H3,(H,17,19)(H,20,21). The molecule has 0 fully saturated rings. The Labute approximate surface area is 140 Å². The second-order valence-electron chi connectivity index (χ2n) is 4.97. The summed E-state index contributed by atoms with van der Waals surface area (Å²) >= 11 is 4.96. The van der Waals surface area contributed by atoms with Crippen molar-refractivity contribution in [1.29, 1.82) is 0 Å². The van der Waals surface area contributed by atoms with Crippen LogP contribution in [0.15, 0.2) is 22.7 Å². The lowest BCUT2D eigenvalue weighted by molar-refractivity contribution is -0.142. The number of fused-ring (bicyclic) bond motifs is 1. The molecule has 1 aromatic heterocycles. The van der Waals surface area contributed by atoms with Crippen LogP contribution in [0.3, 0.4) is 0 Å². The lowest BCUT2D eigenvalue weighted by atomic mass is 10.1. The van der Waals surface area contributed by atoms with E-state index in [0.717, 1.165) is 19.7 Å². The molecule has 2 aromatic rings. The van der Waals surface area contributed by atoms with Crippen LogP contribution in [-0.4, -0.2) is 28.0 Å². The minimum absolute atomic E-state index is 0.245. The van der Waals surface area contributed by atoms with Crippen molar-refractivity contribution in [2.24, 2.45) is 0 Å². The average Bonchev–Trinajstić information content (AvgIpc) is 2.86. The van der Waals surface area contributed by atoms with Crippen molar-refractivity contribution < 1.29 is 14.7 Å². The van der Waals surface area contributed by atoms with Crippen LogP contribution < -0.4 is 5.32 Å². The Morgan fingerprint density at radius 3 is 2.91 bits per heavy atom. The van der Waals surface area contributed by atoms with Gasteiger partial charge in [0.15, 0.2) is 0 Å². The molecule has 5 nitrogen and oxygen atoms in total. The van der Waals surface area contributed by atoms with Gasteiger partial charge in [0.05, 0.1) is 15.2 Å². The Kier molecular flexibility index (Phi) is 5.90. The van der Waals surface area contributed by atoms with Crippen LogP contribution in [0.2, 0.25) is 0 Å². The summed E-state index contributed by atoms with van der Waals surface area (Å²) in [7, 11) is 0. The Balaban J connectivity index is 1.93. The minimum atomic E-state index is -0.986. The summed E-state index contributed by atoms with van der Waals surface area (Å²) in [5.74, 6) is -1.23.